The van der Waals surface area contributed by atoms with Gasteiger partial charge in [0.2, 0.25) is 10.0 Å². The van der Waals surface area contributed by atoms with Crippen LogP contribution in [0.25, 0.3) is 0 Å². The quantitative estimate of drug-likeness (QED) is 0.678. The Bertz CT molecular complexity index is 849. The van der Waals surface area contributed by atoms with Crippen LogP contribution in [0.15, 0.2) is 53.4 Å². The van der Waals surface area contributed by atoms with Gasteiger partial charge in [0.15, 0.2) is 6.10 Å². The van der Waals surface area contributed by atoms with E-state index in [0.717, 1.165) is 11.3 Å². The summed E-state index contributed by atoms with van der Waals surface area (Å²) in [5.41, 5.74) is 1.01. The van der Waals surface area contributed by atoms with E-state index in [0.29, 0.717) is 12.2 Å². The number of carbonyl (C=O) groups is 1. The number of methoxy groups -OCH3 is 1. The maximum Gasteiger partial charge on any atom is 0.260 e. The van der Waals surface area contributed by atoms with Crippen molar-refractivity contribution in [2.75, 3.05) is 20.7 Å². The minimum atomic E-state index is -3.62. The SMILES string of the molecule is CNC(=O)[C@@H](C)Oc1ccc(S(=O)(=O)NCCc2ccc(OC)cc2)cc1. The van der Waals surface area contributed by atoms with E-state index >= 15 is 0 Å². The van der Waals surface area contributed by atoms with Crippen molar-refractivity contribution in [3.8, 4) is 11.5 Å². The number of ether oxygens (including phenoxy) is 2. The van der Waals surface area contributed by atoms with E-state index in [-0.39, 0.29) is 17.3 Å². The standard InChI is InChI=1S/C19H24N2O5S/c1-14(19(22)20-2)26-17-8-10-18(11-9-17)27(23,24)21-13-12-15-4-6-16(25-3)7-5-15/h4-11,14,21H,12-13H2,1-3H3,(H,20,22)/t14-/m1/s1. The molecule has 1 atom stereocenters. The highest BCUT2D eigenvalue weighted by atomic mass is 32.2. The lowest BCUT2D eigenvalue weighted by Crippen LogP contribution is -2.33. The first-order valence-electron chi connectivity index (χ1n) is 8.46. The zero-order valence-electron chi connectivity index (χ0n) is 15.6. The van der Waals surface area contributed by atoms with E-state index in [1.54, 1.807) is 14.0 Å². The van der Waals surface area contributed by atoms with Crippen molar-refractivity contribution in [3.63, 3.8) is 0 Å². The number of benzene rings is 2. The molecule has 0 aliphatic heterocycles. The Morgan fingerprint density at radius 2 is 1.63 bits per heavy atom. The molecule has 0 radical (unpaired) electrons. The van der Waals surface area contributed by atoms with Crippen LogP contribution < -0.4 is 19.5 Å². The third-order valence-electron chi connectivity index (χ3n) is 3.93. The minimum Gasteiger partial charge on any atom is -0.497 e. The first-order chi connectivity index (χ1) is 12.9. The lowest BCUT2D eigenvalue weighted by Gasteiger charge is -2.13. The molecule has 27 heavy (non-hydrogen) atoms. The summed E-state index contributed by atoms with van der Waals surface area (Å²) in [6.45, 7) is 1.89. The number of likely N-dealkylation sites (N-methyl/N-ethyl adjacent to an activating group) is 1. The van der Waals surface area contributed by atoms with Crippen molar-refractivity contribution in [3.05, 3.63) is 54.1 Å². The Morgan fingerprint density at radius 3 is 2.19 bits per heavy atom. The maximum atomic E-state index is 12.4. The Labute approximate surface area is 159 Å². The van der Waals surface area contributed by atoms with Crippen LogP contribution >= 0.6 is 0 Å². The first-order valence-corrected chi connectivity index (χ1v) is 9.95. The molecule has 0 aliphatic carbocycles. The summed E-state index contributed by atoms with van der Waals surface area (Å²) in [4.78, 5) is 11.6. The Hall–Kier alpha value is -2.58. The summed E-state index contributed by atoms with van der Waals surface area (Å²) < 4.78 is 37.9. The van der Waals surface area contributed by atoms with E-state index in [1.807, 2.05) is 24.3 Å². The average Bonchev–Trinajstić information content (AvgIpc) is 2.68. The van der Waals surface area contributed by atoms with Gasteiger partial charge in [0.1, 0.15) is 11.5 Å². The number of sulfonamides is 1. The fourth-order valence-electron chi connectivity index (χ4n) is 2.36. The molecule has 0 aliphatic rings. The fourth-order valence-corrected chi connectivity index (χ4v) is 3.40. The van der Waals surface area contributed by atoms with E-state index < -0.39 is 16.1 Å². The van der Waals surface area contributed by atoms with Crippen molar-refractivity contribution >= 4 is 15.9 Å². The van der Waals surface area contributed by atoms with E-state index in [1.165, 1.54) is 31.3 Å². The van der Waals surface area contributed by atoms with Gasteiger partial charge in [-0.1, -0.05) is 12.1 Å². The summed E-state index contributed by atoms with van der Waals surface area (Å²) in [6.07, 6.45) is -0.103. The molecule has 1 amide bonds. The number of rotatable bonds is 9. The molecule has 2 N–H and O–H groups in total. The second-order valence-electron chi connectivity index (χ2n) is 5.84. The highest BCUT2D eigenvalue weighted by Crippen LogP contribution is 2.17. The monoisotopic (exact) mass is 392 g/mol. The van der Waals surface area contributed by atoms with Crippen LogP contribution in [0, 0.1) is 0 Å². The molecule has 0 heterocycles. The fraction of sp³-hybridized carbons (Fsp3) is 0.316. The summed E-state index contributed by atoms with van der Waals surface area (Å²) in [5.74, 6) is 0.919. The van der Waals surface area contributed by atoms with Gasteiger partial charge in [-0.2, -0.15) is 0 Å². The molecule has 0 spiro atoms. The summed E-state index contributed by atoms with van der Waals surface area (Å²) in [5, 5.41) is 2.49. The number of carbonyl (C=O) groups excluding carboxylic acids is 1. The van der Waals surface area contributed by atoms with Crippen molar-refractivity contribution in [2.24, 2.45) is 0 Å². The molecule has 146 valence electrons. The summed E-state index contributed by atoms with van der Waals surface area (Å²) >= 11 is 0. The van der Waals surface area contributed by atoms with Gasteiger partial charge in [0.25, 0.3) is 5.91 Å². The second kappa shape index (κ2) is 9.38. The zero-order chi connectivity index (χ0) is 19.9. The highest BCUT2D eigenvalue weighted by Gasteiger charge is 2.15. The second-order valence-corrected chi connectivity index (χ2v) is 7.61. The molecule has 2 rings (SSSR count). The summed E-state index contributed by atoms with van der Waals surface area (Å²) in [6, 6.07) is 13.4. The molecule has 2 aromatic rings. The first kappa shape index (κ1) is 20.7. The van der Waals surface area contributed by atoms with Gasteiger partial charge in [0, 0.05) is 13.6 Å². The predicted molar refractivity (Wildman–Crippen MR) is 102 cm³/mol. The van der Waals surface area contributed by atoms with Crippen LogP contribution in [-0.2, 0) is 21.2 Å². The third-order valence-corrected chi connectivity index (χ3v) is 5.40. The molecular formula is C19H24N2O5S. The molecule has 0 saturated heterocycles. The van der Waals surface area contributed by atoms with Gasteiger partial charge in [-0.25, -0.2) is 13.1 Å². The normalized spacial score (nSPS) is 12.3. The molecule has 0 fully saturated rings. The van der Waals surface area contributed by atoms with E-state index in [2.05, 4.69) is 10.0 Å². The lowest BCUT2D eigenvalue weighted by molar-refractivity contribution is -0.126. The van der Waals surface area contributed by atoms with Crippen LogP contribution in [0.4, 0.5) is 0 Å². The Morgan fingerprint density at radius 1 is 1.04 bits per heavy atom. The maximum absolute atomic E-state index is 12.4. The van der Waals surface area contributed by atoms with E-state index in [9.17, 15) is 13.2 Å². The largest absolute Gasteiger partial charge is 0.497 e. The molecule has 0 unspecified atom stereocenters. The Kier molecular flexibility index (Phi) is 7.20. The number of amides is 1. The molecule has 8 heteroatoms. The van der Waals surface area contributed by atoms with Gasteiger partial charge in [0.05, 0.1) is 12.0 Å². The van der Waals surface area contributed by atoms with E-state index in [4.69, 9.17) is 9.47 Å². The summed E-state index contributed by atoms with van der Waals surface area (Å²) in [7, 11) is -0.500. The number of hydrogen-bond donors (Lipinski definition) is 2. The molecule has 0 saturated carbocycles. The van der Waals surface area contributed by atoms with Gasteiger partial charge in [-0.15, -0.1) is 0 Å². The van der Waals surface area contributed by atoms with Crippen molar-refractivity contribution in [2.45, 2.75) is 24.3 Å². The van der Waals surface area contributed by atoms with Crippen LogP contribution in [0.1, 0.15) is 12.5 Å². The molecule has 2 aromatic carbocycles. The van der Waals surface area contributed by atoms with Gasteiger partial charge >= 0.3 is 0 Å². The van der Waals surface area contributed by atoms with Gasteiger partial charge in [-0.3, -0.25) is 4.79 Å². The zero-order valence-corrected chi connectivity index (χ0v) is 16.4. The Balaban J connectivity index is 1.92. The molecule has 0 bridgehead atoms. The number of hydrogen-bond acceptors (Lipinski definition) is 5. The third kappa shape index (κ3) is 5.97. The molecule has 0 aromatic heterocycles. The minimum absolute atomic E-state index is 0.136. The smallest absolute Gasteiger partial charge is 0.260 e. The van der Waals surface area contributed by atoms with Crippen LogP contribution in [-0.4, -0.2) is 41.1 Å². The van der Waals surface area contributed by atoms with Crippen molar-refractivity contribution < 1.29 is 22.7 Å². The molecule has 7 nitrogen and oxygen atoms in total. The predicted octanol–water partition coefficient (Wildman–Crippen LogP) is 1.73. The van der Waals surface area contributed by atoms with Crippen molar-refractivity contribution in [1.82, 2.24) is 10.0 Å². The van der Waals surface area contributed by atoms with Gasteiger partial charge < -0.3 is 14.8 Å². The highest BCUT2D eigenvalue weighted by molar-refractivity contribution is 7.89. The average molecular weight is 392 g/mol. The van der Waals surface area contributed by atoms with Crippen molar-refractivity contribution in [1.29, 1.82) is 0 Å². The van der Waals surface area contributed by atoms with Crippen LogP contribution in [0.5, 0.6) is 11.5 Å². The van der Waals surface area contributed by atoms with Gasteiger partial charge in [-0.05, 0) is 55.3 Å². The topological polar surface area (TPSA) is 93.7 Å². The van der Waals surface area contributed by atoms with Crippen LogP contribution in [0.3, 0.4) is 0 Å². The number of nitrogens with one attached hydrogen (secondary N) is 2. The van der Waals surface area contributed by atoms with Crippen LogP contribution in [0.2, 0.25) is 0 Å². The lowest BCUT2D eigenvalue weighted by atomic mass is 10.1. The molecular weight excluding hydrogens is 368 g/mol.